The molecule has 0 atom stereocenters. The lowest BCUT2D eigenvalue weighted by Crippen LogP contribution is -2.27. The molecule has 0 saturated heterocycles. The fraction of sp³-hybridized carbons (Fsp3) is 0.231. The Hall–Kier alpha value is -1.57. The zero-order valence-electron chi connectivity index (χ0n) is 11.1. The van der Waals surface area contributed by atoms with Gasteiger partial charge in [-0.3, -0.25) is 4.31 Å². The molecule has 108 valence electrons. The fourth-order valence-corrected chi connectivity index (χ4v) is 4.31. The normalized spacial score (nSPS) is 11.3. The maximum absolute atomic E-state index is 12.6. The predicted octanol–water partition coefficient (Wildman–Crippen LogP) is 2.07. The second-order valence-electron chi connectivity index (χ2n) is 4.01. The largest absolute Gasteiger partial charge is 0.495 e. The van der Waals surface area contributed by atoms with E-state index in [-0.39, 0.29) is 11.5 Å². The Morgan fingerprint density at radius 2 is 2.00 bits per heavy atom. The zero-order chi connectivity index (χ0) is 14.8. The van der Waals surface area contributed by atoms with Gasteiger partial charge < -0.3 is 9.84 Å². The summed E-state index contributed by atoms with van der Waals surface area (Å²) in [5, 5.41) is 10.9. The van der Waals surface area contributed by atoms with Gasteiger partial charge in [-0.1, -0.05) is 12.1 Å². The van der Waals surface area contributed by atoms with Crippen molar-refractivity contribution in [3.63, 3.8) is 0 Å². The molecule has 0 saturated carbocycles. The smallest absolute Gasteiger partial charge is 0.265 e. The Kier molecular flexibility index (Phi) is 4.32. The van der Waals surface area contributed by atoms with Crippen LogP contribution in [-0.4, -0.2) is 27.7 Å². The summed E-state index contributed by atoms with van der Waals surface area (Å²) < 4.78 is 31.6. The van der Waals surface area contributed by atoms with E-state index in [1.807, 2.05) is 0 Å². The molecule has 0 aliphatic carbocycles. The number of benzene rings is 1. The molecule has 0 bridgehead atoms. The first-order valence-corrected chi connectivity index (χ1v) is 8.13. The van der Waals surface area contributed by atoms with E-state index in [0.29, 0.717) is 16.3 Å². The van der Waals surface area contributed by atoms with E-state index in [1.165, 1.54) is 31.6 Å². The maximum Gasteiger partial charge on any atom is 0.265 e. The van der Waals surface area contributed by atoms with Crippen LogP contribution in [0.2, 0.25) is 0 Å². The van der Waals surface area contributed by atoms with Crippen molar-refractivity contribution in [1.29, 1.82) is 0 Å². The predicted molar refractivity (Wildman–Crippen MR) is 78.8 cm³/mol. The third-order valence-electron chi connectivity index (χ3n) is 2.91. The molecule has 2 aromatic rings. The second-order valence-corrected chi connectivity index (χ2v) is 6.95. The van der Waals surface area contributed by atoms with Gasteiger partial charge in [-0.15, -0.1) is 11.3 Å². The van der Waals surface area contributed by atoms with Crippen molar-refractivity contribution in [3.05, 3.63) is 40.6 Å². The third-order valence-corrected chi connectivity index (χ3v) is 5.80. The van der Waals surface area contributed by atoms with Crippen molar-refractivity contribution in [1.82, 2.24) is 0 Å². The average Bonchev–Trinajstić information content (AvgIpc) is 2.95. The molecule has 1 aromatic carbocycles. The summed E-state index contributed by atoms with van der Waals surface area (Å²) in [6.45, 7) is -0.300. The van der Waals surface area contributed by atoms with Gasteiger partial charge in [0.05, 0.1) is 24.3 Å². The van der Waals surface area contributed by atoms with E-state index < -0.39 is 10.0 Å². The summed E-state index contributed by atoms with van der Waals surface area (Å²) in [7, 11) is -0.767. The second kappa shape index (κ2) is 5.82. The van der Waals surface area contributed by atoms with E-state index in [2.05, 4.69) is 0 Å². The average molecular weight is 313 g/mol. The van der Waals surface area contributed by atoms with Crippen molar-refractivity contribution in [2.45, 2.75) is 11.5 Å². The highest BCUT2D eigenvalue weighted by Gasteiger charge is 2.26. The number of hydrogen-bond acceptors (Lipinski definition) is 5. The zero-order valence-corrected chi connectivity index (χ0v) is 12.7. The first-order chi connectivity index (χ1) is 9.52. The molecule has 0 radical (unpaired) electrons. The summed E-state index contributed by atoms with van der Waals surface area (Å²) in [6.07, 6.45) is 0. The summed E-state index contributed by atoms with van der Waals surface area (Å²) >= 11 is 1.21. The van der Waals surface area contributed by atoms with Crippen LogP contribution in [0.3, 0.4) is 0 Å². The molecule has 20 heavy (non-hydrogen) atoms. The van der Waals surface area contributed by atoms with Gasteiger partial charge >= 0.3 is 0 Å². The Morgan fingerprint density at radius 1 is 1.30 bits per heavy atom. The minimum atomic E-state index is -3.72. The molecule has 1 N–H and O–H groups in total. The van der Waals surface area contributed by atoms with Crippen LogP contribution in [0.4, 0.5) is 5.69 Å². The van der Waals surface area contributed by atoms with Crippen LogP contribution < -0.4 is 9.04 Å². The van der Waals surface area contributed by atoms with Gasteiger partial charge in [0.25, 0.3) is 10.0 Å². The van der Waals surface area contributed by atoms with E-state index in [0.717, 1.165) is 4.31 Å². The lowest BCUT2D eigenvalue weighted by atomic mass is 10.3. The van der Waals surface area contributed by atoms with E-state index in [1.54, 1.807) is 29.6 Å². The Bertz CT molecular complexity index is 694. The Labute approximate surface area is 122 Å². The molecular formula is C13H15NO4S2. The third kappa shape index (κ3) is 2.52. The van der Waals surface area contributed by atoms with Crippen LogP contribution in [0, 0.1) is 0 Å². The Balaban J connectivity index is 2.49. The number of sulfonamides is 1. The quantitative estimate of drug-likeness (QED) is 0.917. The Morgan fingerprint density at radius 3 is 2.65 bits per heavy atom. The minimum absolute atomic E-state index is 0.124. The molecule has 1 heterocycles. The molecule has 0 spiro atoms. The molecule has 0 fully saturated rings. The van der Waals surface area contributed by atoms with Gasteiger partial charge in [0.2, 0.25) is 0 Å². The molecular weight excluding hydrogens is 298 g/mol. The maximum atomic E-state index is 12.6. The molecule has 5 nitrogen and oxygen atoms in total. The number of rotatable bonds is 5. The summed E-state index contributed by atoms with van der Waals surface area (Å²) in [5.41, 5.74) is 0.449. The van der Waals surface area contributed by atoms with Crippen LogP contribution in [0.15, 0.2) is 40.6 Å². The summed E-state index contributed by atoms with van der Waals surface area (Å²) in [4.78, 5) is 0.546. The van der Waals surface area contributed by atoms with Gasteiger partial charge in [0.1, 0.15) is 10.6 Å². The van der Waals surface area contributed by atoms with Gasteiger partial charge in [0.15, 0.2) is 0 Å². The van der Waals surface area contributed by atoms with Crippen LogP contribution in [0.1, 0.15) is 4.88 Å². The number of anilines is 1. The number of methoxy groups -OCH3 is 1. The number of nitrogens with zero attached hydrogens (tertiary/aromatic N) is 1. The highest BCUT2D eigenvalue weighted by atomic mass is 32.2. The fourth-order valence-electron chi connectivity index (χ4n) is 1.84. The molecule has 2 rings (SSSR count). The molecule has 1 aromatic heterocycles. The number of para-hydroxylation sites is 2. The molecule has 0 unspecified atom stereocenters. The number of thiophene rings is 1. The topological polar surface area (TPSA) is 66.8 Å². The van der Waals surface area contributed by atoms with E-state index in [9.17, 15) is 13.5 Å². The van der Waals surface area contributed by atoms with E-state index >= 15 is 0 Å². The highest BCUT2D eigenvalue weighted by molar-refractivity contribution is 7.93. The monoisotopic (exact) mass is 313 g/mol. The number of aliphatic hydroxyl groups is 1. The van der Waals surface area contributed by atoms with Crippen LogP contribution in [-0.2, 0) is 16.6 Å². The number of ether oxygens (including phenoxy) is 1. The van der Waals surface area contributed by atoms with Crippen LogP contribution >= 0.6 is 11.3 Å². The van der Waals surface area contributed by atoms with Crippen molar-refractivity contribution >= 4 is 27.0 Å². The van der Waals surface area contributed by atoms with Gasteiger partial charge in [-0.25, -0.2) is 8.42 Å². The lowest BCUT2D eigenvalue weighted by Gasteiger charge is -2.21. The van der Waals surface area contributed by atoms with Gasteiger partial charge in [-0.2, -0.15) is 0 Å². The summed E-state index contributed by atoms with van der Waals surface area (Å²) in [5.74, 6) is 0.472. The van der Waals surface area contributed by atoms with Crippen molar-refractivity contribution in [2.75, 3.05) is 18.5 Å². The van der Waals surface area contributed by atoms with Crippen molar-refractivity contribution < 1.29 is 18.3 Å². The molecule has 0 aliphatic rings. The minimum Gasteiger partial charge on any atom is -0.495 e. The number of aliphatic hydroxyl groups excluding tert-OH is 1. The van der Waals surface area contributed by atoms with Crippen LogP contribution in [0.25, 0.3) is 0 Å². The first kappa shape index (κ1) is 14.8. The van der Waals surface area contributed by atoms with Crippen LogP contribution in [0.5, 0.6) is 5.75 Å². The number of hydrogen-bond donors (Lipinski definition) is 1. The SMILES string of the molecule is COc1ccccc1N(C)S(=O)(=O)c1ccsc1CO. The standard InChI is InChI=1S/C13H15NO4S2/c1-14(10-5-3-4-6-11(10)18-2)20(16,17)13-7-8-19-12(13)9-15/h3-8,15H,9H2,1-2H3. The molecule has 0 amide bonds. The van der Waals surface area contributed by atoms with Gasteiger partial charge in [0, 0.05) is 7.05 Å². The molecule has 0 aliphatic heterocycles. The molecule has 7 heteroatoms. The highest BCUT2D eigenvalue weighted by Crippen LogP contribution is 2.33. The van der Waals surface area contributed by atoms with E-state index in [4.69, 9.17) is 4.74 Å². The van der Waals surface area contributed by atoms with Gasteiger partial charge in [-0.05, 0) is 23.6 Å². The first-order valence-electron chi connectivity index (χ1n) is 5.81. The van der Waals surface area contributed by atoms with Crippen molar-refractivity contribution in [2.24, 2.45) is 0 Å². The summed E-state index contributed by atoms with van der Waals surface area (Å²) in [6, 6.07) is 8.37. The van der Waals surface area contributed by atoms with Crippen molar-refractivity contribution in [3.8, 4) is 5.75 Å². The lowest BCUT2D eigenvalue weighted by molar-refractivity contribution is 0.282.